The fourth-order valence-corrected chi connectivity index (χ4v) is 2.95. The summed E-state index contributed by atoms with van der Waals surface area (Å²) in [4.78, 5) is 12.4. The Kier molecular flexibility index (Phi) is 3.85. The lowest BCUT2D eigenvalue weighted by atomic mass is 9.77. The number of aliphatic hydroxyl groups is 1. The van der Waals surface area contributed by atoms with Gasteiger partial charge in [0.15, 0.2) is 5.78 Å². The Bertz CT molecular complexity index is 539. The predicted molar refractivity (Wildman–Crippen MR) is 81.3 cm³/mol. The van der Waals surface area contributed by atoms with E-state index in [4.69, 9.17) is 5.11 Å². The van der Waals surface area contributed by atoms with E-state index in [1.807, 2.05) is 44.2 Å². The molecule has 1 aromatic rings. The van der Waals surface area contributed by atoms with Crippen LogP contribution in [0.3, 0.4) is 0 Å². The van der Waals surface area contributed by atoms with Gasteiger partial charge in [0.05, 0.1) is 6.61 Å². The summed E-state index contributed by atoms with van der Waals surface area (Å²) in [6.45, 7) is 8.23. The van der Waals surface area contributed by atoms with E-state index in [1.165, 1.54) is 0 Å². The molecule has 0 amide bonds. The van der Waals surface area contributed by atoms with E-state index in [0.29, 0.717) is 6.42 Å². The summed E-state index contributed by atoms with van der Waals surface area (Å²) < 4.78 is 0. The molecule has 1 heterocycles. The Morgan fingerprint density at radius 1 is 1.20 bits per heavy atom. The van der Waals surface area contributed by atoms with Crippen molar-refractivity contribution >= 4 is 11.9 Å². The number of ketones is 1. The Hall–Kier alpha value is -1.45. The summed E-state index contributed by atoms with van der Waals surface area (Å²) in [6, 6.07) is 7.62. The minimum Gasteiger partial charge on any atom is -0.392 e. The number of Topliss-reactive ketones (excluding diaryl/α,β-unsaturated/α-hetero) is 1. The third-order valence-corrected chi connectivity index (χ3v) is 3.70. The molecule has 1 aliphatic heterocycles. The van der Waals surface area contributed by atoms with Crippen LogP contribution in [0.4, 0.5) is 0 Å². The molecule has 3 nitrogen and oxygen atoms in total. The highest BCUT2D eigenvalue weighted by atomic mass is 16.3. The lowest BCUT2D eigenvalue weighted by Gasteiger charge is -2.43. The second-order valence-electron chi connectivity index (χ2n) is 6.69. The standard InChI is InChI=1S/C17H23NO2/c1-16(2)10-15(20)14(17(3,4)18-16)9-12-5-7-13(11-19)8-6-12/h5-9,18-19H,10-11H2,1-4H3/b14-9+. The largest absolute Gasteiger partial charge is 0.392 e. The van der Waals surface area contributed by atoms with Gasteiger partial charge in [-0.1, -0.05) is 24.3 Å². The van der Waals surface area contributed by atoms with Crippen molar-refractivity contribution in [2.75, 3.05) is 0 Å². The zero-order valence-electron chi connectivity index (χ0n) is 12.7. The molecule has 0 aromatic heterocycles. The summed E-state index contributed by atoms with van der Waals surface area (Å²) in [5.74, 6) is 0.199. The van der Waals surface area contributed by atoms with Gasteiger partial charge >= 0.3 is 0 Å². The number of hydrogen-bond acceptors (Lipinski definition) is 3. The molecule has 2 rings (SSSR count). The van der Waals surface area contributed by atoms with Crippen LogP contribution in [0, 0.1) is 0 Å². The van der Waals surface area contributed by atoms with Gasteiger partial charge in [-0.25, -0.2) is 0 Å². The second-order valence-corrected chi connectivity index (χ2v) is 6.69. The summed E-state index contributed by atoms with van der Waals surface area (Å²) in [5, 5.41) is 12.6. The van der Waals surface area contributed by atoms with Gasteiger partial charge < -0.3 is 10.4 Å². The quantitative estimate of drug-likeness (QED) is 0.815. The first-order valence-electron chi connectivity index (χ1n) is 6.98. The molecule has 1 aliphatic rings. The molecule has 0 bridgehead atoms. The minimum absolute atomic E-state index is 0.0387. The number of aliphatic hydroxyl groups excluding tert-OH is 1. The van der Waals surface area contributed by atoms with Crippen molar-refractivity contribution in [3.63, 3.8) is 0 Å². The van der Waals surface area contributed by atoms with Crippen LogP contribution >= 0.6 is 0 Å². The molecule has 0 radical (unpaired) electrons. The first-order chi connectivity index (χ1) is 9.23. The fourth-order valence-electron chi connectivity index (χ4n) is 2.95. The molecule has 0 saturated carbocycles. The Morgan fingerprint density at radius 3 is 2.30 bits per heavy atom. The average Bonchev–Trinajstić information content (AvgIpc) is 2.32. The summed E-state index contributed by atoms with van der Waals surface area (Å²) in [5.41, 5.74) is 2.17. The van der Waals surface area contributed by atoms with Crippen molar-refractivity contribution in [1.29, 1.82) is 0 Å². The molecular formula is C17H23NO2. The van der Waals surface area contributed by atoms with Gasteiger partial charge in [-0.15, -0.1) is 0 Å². The first kappa shape index (κ1) is 14.9. The van der Waals surface area contributed by atoms with Crippen molar-refractivity contribution in [2.45, 2.75) is 51.8 Å². The zero-order chi connectivity index (χ0) is 15.0. The monoisotopic (exact) mass is 273 g/mol. The molecule has 0 aliphatic carbocycles. The van der Waals surface area contributed by atoms with Gasteiger partial charge in [-0.3, -0.25) is 4.79 Å². The highest BCUT2D eigenvalue weighted by molar-refractivity contribution is 6.03. The van der Waals surface area contributed by atoms with Gasteiger partial charge in [-0.05, 0) is 44.9 Å². The van der Waals surface area contributed by atoms with Crippen LogP contribution in [0.2, 0.25) is 0 Å². The van der Waals surface area contributed by atoms with E-state index in [2.05, 4.69) is 19.2 Å². The van der Waals surface area contributed by atoms with Crippen LogP contribution in [-0.2, 0) is 11.4 Å². The van der Waals surface area contributed by atoms with Gasteiger partial charge in [0, 0.05) is 23.1 Å². The van der Waals surface area contributed by atoms with E-state index in [0.717, 1.165) is 16.7 Å². The third kappa shape index (κ3) is 3.17. The molecule has 1 saturated heterocycles. The first-order valence-corrected chi connectivity index (χ1v) is 6.98. The predicted octanol–water partition coefficient (Wildman–Crippen LogP) is 2.68. The Morgan fingerprint density at radius 2 is 1.80 bits per heavy atom. The lowest BCUT2D eigenvalue weighted by Crippen LogP contribution is -2.59. The van der Waals surface area contributed by atoms with E-state index in [-0.39, 0.29) is 23.5 Å². The van der Waals surface area contributed by atoms with E-state index >= 15 is 0 Å². The van der Waals surface area contributed by atoms with E-state index < -0.39 is 0 Å². The van der Waals surface area contributed by atoms with Crippen LogP contribution < -0.4 is 5.32 Å². The number of piperidine rings is 1. The minimum atomic E-state index is -0.339. The molecule has 0 unspecified atom stereocenters. The van der Waals surface area contributed by atoms with Crippen molar-refractivity contribution in [3.05, 3.63) is 41.0 Å². The summed E-state index contributed by atoms with van der Waals surface area (Å²) in [7, 11) is 0. The SMILES string of the molecule is CC1(C)CC(=O)/C(=C\c2ccc(CO)cc2)C(C)(C)N1. The lowest BCUT2D eigenvalue weighted by molar-refractivity contribution is -0.119. The fraction of sp³-hybridized carbons (Fsp3) is 0.471. The van der Waals surface area contributed by atoms with Gasteiger partial charge in [0.1, 0.15) is 0 Å². The van der Waals surface area contributed by atoms with Gasteiger partial charge in [0.25, 0.3) is 0 Å². The maximum Gasteiger partial charge on any atom is 0.162 e. The molecule has 1 fully saturated rings. The maximum atomic E-state index is 12.4. The molecule has 1 aromatic carbocycles. The van der Waals surface area contributed by atoms with Crippen LogP contribution in [0.15, 0.2) is 29.8 Å². The molecule has 0 atom stereocenters. The maximum absolute atomic E-state index is 12.4. The number of benzene rings is 1. The summed E-state index contributed by atoms with van der Waals surface area (Å²) >= 11 is 0. The zero-order valence-corrected chi connectivity index (χ0v) is 12.7. The highest BCUT2D eigenvalue weighted by Gasteiger charge is 2.40. The van der Waals surface area contributed by atoms with Crippen LogP contribution in [-0.4, -0.2) is 22.0 Å². The van der Waals surface area contributed by atoms with Crippen LogP contribution in [0.5, 0.6) is 0 Å². The van der Waals surface area contributed by atoms with Gasteiger partial charge in [-0.2, -0.15) is 0 Å². The van der Waals surface area contributed by atoms with Crippen LogP contribution in [0.1, 0.15) is 45.2 Å². The molecule has 0 spiro atoms. The number of hydrogen-bond donors (Lipinski definition) is 2. The second kappa shape index (κ2) is 5.15. The molecular weight excluding hydrogens is 250 g/mol. The van der Waals surface area contributed by atoms with E-state index in [1.54, 1.807) is 0 Å². The smallest absolute Gasteiger partial charge is 0.162 e. The molecule has 108 valence electrons. The third-order valence-electron chi connectivity index (χ3n) is 3.70. The summed E-state index contributed by atoms with van der Waals surface area (Å²) in [6.07, 6.45) is 2.46. The highest BCUT2D eigenvalue weighted by Crippen LogP contribution is 2.31. The van der Waals surface area contributed by atoms with Crippen molar-refractivity contribution < 1.29 is 9.90 Å². The number of carbonyl (C=O) groups is 1. The molecule has 20 heavy (non-hydrogen) atoms. The molecule has 2 N–H and O–H groups in total. The average molecular weight is 273 g/mol. The Balaban J connectivity index is 2.34. The van der Waals surface area contributed by atoms with Crippen molar-refractivity contribution in [1.82, 2.24) is 5.32 Å². The Labute approximate surface area is 120 Å². The van der Waals surface area contributed by atoms with Crippen molar-refractivity contribution in [3.8, 4) is 0 Å². The van der Waals surface area contributed by atoms with E-state index in [9.17, 15) is 4.79 Å². The van der Waals surface area contributed by atoms with Crippen molar-refractivity contribution in [2.24, 2.45) is 0 Å². The number of rotatable bonds is 2. The molecule has 3 heteroatoms. The number of carbonyl (C=O) groups excluding carboxylic acids is 1. The van der Waals surface area contributed by atoms with Crippen LogP contribution in [0.25, 0.3) is 6.08 Å². The topological polar surface area (TPSA) is 49.3 Å². The van der Waals surface area contributed by atoms with Gasteiger partial charge in [0.2, 0.25) is 0 Å². The normalized spacial score (nSPS) is 23.1. The number of nitrogens with one attached hydrogen (secondary N) is 1.